The molecule has 0 heterocycles. The van der Waals surface area contributed by atoms with Crippen molar-refractivity contribution in [3.8, 4) is 5.75 Å². The van der Waals surface area contributed by atoms with Crippen LogP contribution >= 0.6 is 0 Å². The fourth-order valence-electron chi connectivity index (χ4n) is 2.15. The number of hydrogen-bond donors (Lipinski definition) is 1. The van der Waals surface area contributed by atoms with E-state index >= 15 is 0 Å². The van der Waals surface area contributed by atoms with Crippen molar-refractivity contribution in [1.29, 1.82) is 0 Å². The van der Waals surface area contributed by atoms with Crippen LogP contribution in [-0.2, 0) is 23.1 Å². The molecule has 0 aromatic heterocycles. The van der Waals surface area contributed by atoms with Crippen molar-refractivity contribution in [2.24, 2.45) is 0 Å². The van der Waals surface area contributed by atoms with Gasteiger partial charge in [0.05, 0.1) is 20.3 Å². The molecule has 1 N–H and O–H groups in total. The molecule has 0 spiro atoms. The molecule has 3 nitrogen and oxygen atoms in total. The van der Waals surface area contributed by atoms with Crippen molar-refractivity contribution in [3.05, 3.63) is 28.8 Å². The third-order valence-electron chi connectivity index (χ3n) is 3.09. The topological polar surface area (TPSA) is 38.7 Å². The van der Waals surface area contributed by atoms with E-state index in [-0.39, 0.29) is 12.0 Å². The van der Waals surface area contributed by atoms with Gasteiger partial charge >= 0.3 is 0 Å². The van der Waals surface area contributed by atoms with E-state index in [0.29, 0.717) is 6.61 Å². The molecule has 4 heteroatoms. The predicted molar refractivity (Wildman–Crippen MR) is 81.3 cm³/mol. The standard InChI is InChI=1S/C15H26O3Si/c1-15(2,3)13-8-7-11(9-16)14(17-4)12(13)10-18-19(5)6/h7-8,16,19H,9-10H2,1-6H3. The van der Waals surface area contributed by atoms with E-state index in [1.165, 1.54) is 5.56 Å². The van der Waals surface area contributed by atoms with Crippen molar-refractivity contribution in [3.63, 3.8) is 0 Å². The van der Waals surface area contributed by atoms with Crippen LogP contribution in [0.15, 0.2) is 12.1 Å². The lowest BCUT2D eigenvalue weighted by molar-refractivity contribution is 0.267. The second-order valence-corrected chi connectivity index (χ2v) is 8.48. The molecule has 19 heavy (non-hydrogen) atoms. The lowest BCUT2D eigenvalue weighted by atomic mass is 9.83. The second-order valence-electron chi connectivity index (χ2n) is 6.05. The van der Waals surface area contributed by atoms with Crippen LogP contribution in [0.1, 0.15) is 37.5 Å². The summed E-state index contributed by atoms with van der Waals surface area (Å²) in [6, 6.07) is 4.02. The molecule has 0 saturated carbocycles. The minimum atomic E-state index is -1.09. The van der Waals surface area contributed by atoms with E-state index in [0.717, 1.165) is 16.9 Å². The third kappa shape index (κ3) is 4.06. The molecule has 0 atom stereocenters. The van der Waals surface area contributed by atoms with Gasteiger partial charge in [-0.15, -0.1) is 0 Å². The highest BCUT2D eigenvalue weighted by molar-refractivity contribution is 6.48. The van der Waals surface area contributed by atoms with E-state index in [1.807, 2.05) is 6.07 Å². The van der Waals surface area contributed by atoms with Crippen molar-refractivity contribution in [2.75, 3.05) is 7.11 Å². The molecule has 0 fully saturated rings. The SMILES string of the molecule is COc1c(CO)ccc(C(C)(C)C)c1CO[SiH](C)C. The summed E-state index contributed by atoms with van der Waals surface area (Å²) in [5.74, 6) is 0.768. The van der Waals surface area contributed by atoms with Crippen LogP contribution < -0.4 is 4.74 Å². The summed E-state index contributed by atoms with van der Waals surface area (Å²) in [4.78, 5) is 0. The highest BCUT2D eigenvalue weighted by atomic mass is 28.3. The number of hydrogen-bond acceptors (Lipinski definition) is 3. The van der Waals surface area contributed by atoms with Gasteiger partial charge in [0, 0.05) is 11.1 Å². The lowest BCUT2D eigenvalue weighted by Crippen LogP contribution is -2.18. The molecule has 0 amide bonds. The Kier molecular flexibility index (Phi) is 5.59. The maximum atomic E-state index is 9.43. The van der Waals surface area contributed by atoms with Gasteiger partial charge in [0.1, 0.15) is 5.75 Å². The highest BCUT2D eigenvalue weighted by Crippen LogP contribution is 2.35. The summed E-state index contributed by atoms with van der Waals surface area (Å²) >= 11 is 0. The molecule has 1 rings (SSSR count). The van der Waals surface area contributed by atoms with Gasteiger partial charge < -0.3 is 14.3 Å². The number of methoxy groups -OCH3 is 1. The van der Waals surface area contributed by atoms with Gasteiger partial charge in [-0.05, 0) is 24.1 Å². The number of aliphatic hydroxyl groups is 1. The van der Waals surface area contributed by atoms with Gasteiger partial charge in [-0.25, -0.2) is 0 Å². The number of aliphatic hydroxyl groups excluding tert-OH is 1. The largest absolute Gasteiger partial charge is 0.496 e. The summed E-state index contributed by atoms with van der Waals surface area (Å²) in [5, 5.41) is 9.43. The first-order chi connectivity index (χ1) is 8.81. The second kappa shape index (κ2) is 6.55. The summed E-state index contributed by atoms with van der Waals surface area (Å²) < 4.78 is 11.4. The maximum Gasteiger partial charge on any atom is 0.171 e. The Morgan fingerprint density at radius 2 is 1.84 bits per heavy atom. The van der Waals surface area contributed by atoms with Gasteiger partial charge in [-0.2, -0.15) is 0 Å². The highest BCUT2D eigenvalue weighted by Gasteiger charge is 2.22. The van der Waals surface area contributed by atoms with Crippen molar-refractivity contribution >= 4 is 9.04 Å². The zero-order valence-corrected chi connectivity index (χ0v) is 14.1. The van der Waals surface area contributed by atoms with E-state index in [9.17, 15) is 5.11 Å². The zero-order valence-electron chi connectivity index (χ0n) is 12.9. The van der Waals surface area contributed by atoms with Gasteiger partial charge in [0.2, 0.25) is 0 Å². The van der Waals surface area contributed by atoms with Crippen LogP contribution in [0.2, 0.25) is 13.1 Å². The molecule has 1 aromatic carbocycles. The Hall–Kier alpha value is -0.843. The van der Waals surface area contributed by atoms with Crippen LogP contribution in [-0.4, -0.2) is 21.3 Å². The molecule has 0 saturated heterocycles. The Bertz CT molecular complexity index is 422. The number of rotatable bonds is 5. The molecule has 108 valence electrons. The smallest absolute Gasteiger partial charge is 0.171 e. The minimum absolute atomic E-state index is 0.0142. The summed E-state index contributed by atoms with van der Waals surface area (Å²) in [6.45, 7) is 11.4. The quantitative estimate of drug-likeness (QED) is 0.844. The van der Waals surface area contributed by atoms with Gasteiger partial charge in [0.15, 0.2) is 9.04 Å². The van der Waals surface area contributed by atoms with E-state index in [1.54, 1.807) is 7.11 Å². The molecule has 0 aliphatic heterocycles. The molecule has 1 aromatic rings. The first-order valence-electron chi connectivity index (χ1n) is 6.73. The molecular weight excluding hydrogens is 256 g/mol. The van der Waals surface area contributed by atoms with Crippen LogP contribution in [0.4, 0.5) is 0 Å². The predicted octanol–water partition coefficient (Wildman–Crippen LogP) is 2.99. The minimum Gasteiger partial charge on any atom is -0.496 e. The van der Waals surface area contributed by atoms with E-state index in [4.69, 9.17) is 9.16 Å². The van der Waals surface area contributed by atoms with Crippen LogP contribution in [0.3, 0.4) is 0 Å². The van der Waals surface area contributed by atoms with E-state index < -0.39 is 9.04 Å². The molecule has 0 radical (unpaired) electrons. The zero-order chi connectivity index (χ0) is 14.6. The van der Waals surface area contributed by atoms with Crippen molar-refractivity contribution in [1.82, 2.24) is 0 Å². The van der Waals surface area contributed by atoms with Gasteiger partial charge in [-0.3, -0.25) is 0 Å². The fourth-order valence-corrected chi connectivity index (χ4v) is 2.65. The summed E-state index contributed by atoms with van der Waals surface area (Å²) in [5.41, 5.74) is 3.14. The molecule has 0 aliphatic carbocycles. The Morgan fingerprint density at radius 3 is 2.26 bits per heavy atom. The number of ether oxygens (including phenoxy) is 1. The molecule has 0 aliphatic rings. The van der Waals surface area contributed by atoms with Gasteiger partial charge in [-0.1, -0.05) is 32.9 Å². The molecule has 0 unspecified atom stereocenters. The average molecular weight is 282 g/mol. The van der Waals surface area contributed by atoms with Crippen LogP contribution in [0.25, 0.3) is 0 Å². The Labute approximate surface area is 118 Å². The lowest BCUT2D eigenvalue weighted by Gasteiger charge is -2.26. The fraction of sp³-hybridized carbons (Fsp3) is 0.600. The first kappa shape index (κ1) is 16.2. The molecular formula is C15H26O3Si. The monoisotopic (exact) mass is 282 g/mol. The van der Waals surface area contributed by atoms with Crippen LogP contribution in [0, 0.1) is 0 Å². The normalized spacial score (nSPS) is 12.0. The third-order valence-corrected chi connectivity index (χ3v) is 3.92. The van der Waals surface area contributed by atoms with E-state index in [2.05, 4.69) is 39.9 Å². The summed E-state index contributed by atoms with van der Waals surface area (Å²) in [6.07, 6.45) is 0. The van der Waals surface area contributed by atoms with Gasteiger partial charge in [0.25, 0.3) is 0 Å². The number of benzene rings is 1. The molecule has 0 bridgehead atoms. The van der Waals surface area contributed by atoms with Crippen molar-refractivity contribution in [2.45, 2.75) is 52.5 Å². The Morgan fingerprint density at radius 1 is 1.21 bits per heavy atom. The summed E-state index contributed by atoms with van der Waals surface area (Å²) in [7, 11) is 0.561. The average Bonchev–Trinajstić information content (AvgIpc) is 2.33. The van der Waals surface area contributed by atoms with Crippen LogP contribution in [0.5, 0.6) is 5.75 Å². The maximum absolute atomic E-state index is 9.43. The van der Waals surface area contributed by atoms with Crippen molar-refractivity contribution < 1.29 is 14.3 Å². The Balaban J connectivity index is 3.31. The first-order valence-corrected chi connectivity index (χ1v) is 9.51.